The second-order valence-corrected chi connectivity index (χ2v) is 8.18. The number of hydrogen-bond donors (Lipinski definition) is 1. The third-order valence-corrected chi connectivity index (χ3v) is 6.27. The Labute approximate surface area is 141 Å². The molecule has 5 atom stereocenters. The molecule has 0 aromatic carbocycles. The summed E-state index contributed by atoms with van der Waals surface area (Å²) in [4.78, 5) is 11.3. The van der Waals surface area contributed by atoms with E-state index < -0.39 is 6.29 Å². The van der Waals surface area contributed by atoms with Crippen molar-refractivity contribution in [2.24, 2.45) is 11.8 Å². The number of aliphatic hydroxyl groups excluding tert-OH is 1. The summed E-state index contributed by atoms with van der Waals surface area (Å²) < 4.78 is 17.3. The van der Waals surface area contributed by atoms with Crippen molar-refractivity contribution >= 4 is 27.6 Å². The summed E-state index contributed by atoms with van der Waals surface area (Å²) in [6.45, 7) is 8.45. The maximum Gasteiger partial charge on any atom is 0.303 e. The number of aliphatic hydroxyl groups is 1. The first-order chi connectivity index (χ1) is 10.5. The van der Waals surface area contributed by atoms with E-state index in [1.165, 1.54) is 6.92 Å². The van der Waals surface area contributed by atoms with Crippen LogP contribution < -0.4 is 0 Å². The van der Waals surface area contributed by atoms with Gasteiger partial charge in [-0.1, -0.05) is 42.4 Å². The quantitative estimate of drug-likeness (QED) is 0.389. The third-order valence-electron chi connectivity index (χ3n) is 3.92. The van der Waals surface area contributed by atoms with Gasteiger partial charge in [0.05, 0.1) is 19.3 Å². The van der Waals surface area contributed by atoms with Gasteiger partial charge in [-0.15, -0.1) is 0 Å². The molecule has 0 spiro atoms. The van der Waals surface area contributed by atoms with E-state index in [0.717, 1.165) is 12.2 Å². The number of ether oxygens (including phenoxy) is 3. The lowest BCUT2D eigenvalue weighted by molar-refractivity contribution is -0.273. The lowest BCUT2D eigenvalue weighted by Crippen LogP contribution is -2.52. The SMILES string of the molecule is CCC1O[C@@H](OCCSSCCO)C(OC(C)=O)[C@@H](C)[C@@H]1C. The Morgan fingerprint density at radius 1 is 1.23 bits per heavy atom. The number of rotatable bonds is 9. The Kier molecular flexibility index (Phi) is 9.82. The average Bonchev–Trinajstić information content (AvgIpc) is 2.49. The van der Waals surface area contributed by atoms with Crippen LogP contribution in [0.3, 0.4) is 0 Å². The minimum atomic E-state index is -0.497. The number of esters is 1. The summed E-state index contributed by atoms with van der Waals surface area (Å²) in [5, 5.41) is 8.72. The zero-order valence-electron chi connectivity index (χ0n) is 13.8. The highest BCUT2D eigenvalue weighted by Crippen LogP contribution is 2.34. The molecule has 0 amide bonds. The van der Waals surface area contributed by atoms with Crippen LogP contribution in [-0.4, -0.2) is 54.3 Å². The Balaban J connectivity index is 2.52. The second kappa shape index (κ2) is 10.8. The fourth-order valence-corrected chi connectivity index (χ4v) is 4.18. The van der Waals surface area contributed by atoms with E-state index >= 15 is 0 Å². The molecule has 0 bridgehead atoms. The molecular formula is C15H28O5S2. The minimum Gasteiger partial charge on any atom is -0.457 e. The van der Waals surface area contributed by atoms with Crippen molar-refractivity contribution in [1.82, 2.24) is 0 Å². The standard InChI is InChI=1S/C15H28O5S2/c1-5-13-10(2)11(3)14(19-12(4)17)15(20-13)18-7-9-22-21-8-6-16/h10-11,13-16H,5-9H2,1-4H3/t10-,11-,13?,14?,15+/m0/s1. The molecule has 1 rings (SSSR count). The Morgan fingerprint density at radius 2 is 1.91 bits per heavy atom. The second-order valence-electron chi connectivity index (χ2n) is 5.48. The van der Waals surface area contributed by atoms with Crippen LogP contribution in [-0.2, 0) is 19.0 Å². The molecule has 1 aliphatic heterocycles. The molecule has 0 aliphatic carbocycles. The highest BCUT2D eigenvalue weighted by Gasteiger charge is 2.43. The Bertz CT molecular complexity index is 329. The molecule has 2 unspecified atom stereocenters. The predicted octanol–water partition coefficient (Wildman–Crippen LogP) is 2.72. The van der Waals surface area contributed by atoms with E-state index in [0.29, 0.717) is 18.3 Å². The largest absolute Gasteiger partial charge is 0.457 e. The molecule has 1 fully saturated rings. The molecular weight excluding hydrogens is 324 g/mol. The molecule has 7 heteroatoms. The highest BCUT2D eigenvalue weighted by atomic mass is 33.1. The van der Waals surface area contributed by atoms with Crippen molar-refractivity contribution in [3.05, 3.63) is 0 Å². The van der Waals surface area contributed by atoms with Gasteiger partial charge in [0.1, 0.15) is 0 Å². The topological polar surface area (TPSA) is 65.0 Å². The van der Waals surface area contributed by atoms with E-state index in [1.54, 1.807) is 21.6 Å². The van der Waals surface area contributed by atoms with Gasteiger partial charge in [0.25, 0.3) is 0 Å². The predicted molar refractivity (Wildman–Crippen MR) is 90.8 cm³/mol. The fourth-order valence-electron chi connectivity index (χ4n) is 2.57. The first-order valence-corrected chi connectivity index (χ1v) is 10.3. The van der Waals surface area contributed by atoms with E-state index in [9.17, 15) is 4.79 Å². The molecule has 0 saturated carbocycles. The van der Waals surface area contributed by atoms with Crippen molar-refractivity contribution in [3.63, 3.8) is 0 Å². The third kappa shape index (κ3) is 6.28. The van der Waals surface area contributed by atoms with Gasteiger partial charge >= 0.3 is 5.97 Å². The summed E-state index contributed by atoms with van der Waals surface area (Å²) in [5.41, 5.74) is 0. The lowest BCUT2D eigenvalue weighted by Gasteiger charge is -2.43. The van der Waals surface area contributed by atoms with Gasteiger partial charge in [-0.05, 0) is 12.3 Å². The molecule has 5 nitrogen and oxygen atoms in total. The first kappa shape index (κ1) is 20.1. The molecule has 22 heavy (non-hydrogen) atoms. The van der Waals surface area contributed by atoms with E-state index in [4.69, 9.17) is 19.3 Å². The van der Waals surface area contributed by atoms with Gasteiger partial charge in [-0.25, -0.2) is 0 Å². The van der Waals surface area contributed by atoms with E-state index in [1.807, 2.05) is 0 Å². The van der Waals surface area contributed by atoms with Crippen molar-refractivity contribution in [1.29, 1.82) is 0 Å². The molecule has 0 aromatic heterocycles. The molecule has 0 aromatic rings. The Hall–Kier alpha value is 0.0500. The van der Waals surface area contributed by atoms with Crippen LogP contribution in [0, 0.1) is 11.8 Å². The van der Waals surface area contributed by atoms with Gasteiger partial charge in [0.2, 0.25) is 0 Å². The highest BCUT2D eigenvalue weighted by molar-refractivity contribution is 8.76. The number of carbonyl (C=O) groups excluding carboxylic acids is 1. The lowest BCUT2D eigenvalue weighted by atomic mass is 9.82. The molecule has 130 valence electrons. The van der Waals surface area contributed by atoms with Crippen LogP contribution in [0.5, 0.6) is 0 Å². The number of carbonyl (C=O) groups is 1. The monoisotopic (exact) mass is 352 g/mol. The van der Waals surface area contributed by atoms with Crippen LogP contribution in [0.25, 0.3) is 0 Å². The van der Waals surface area contributed by atoms with E-state index in [-0.39, 0.29) is 30.7 Å². The molecule has 0 radical (unpaired) electrons. The normalized spacial score (nSPS) is 32.0. The van der Waals surface area contributed by atoms with Gasteiger partial charge in [-0.3, -0.25) is 4.79 Å². The maximum absolute atomic E-state index is 11.3. The molecule has 1 N–H and O–H groups in total. The van der Waals surface area contributed by atoms with Gasteiger partial charge in [0, 0.05) is 24.3 Å². The van der Waals surface area contributed by atoms with Gasteiger partial charge < -0.3 is 19.3 Å². The van der Waals surface area contributed by atoms with Crippen LogP contribution in [0.15, 0.2) is 0 Å². The summed E-state index contributed by atoms with van der Waals surface area (Å²) in [6, 6.07) is 0. The summed E-state index contributed by atoms with van der Waals surface area (Å²) >= 11 is 0. The number of hydrogen-bond acceptors (Lipinski definition) is 7. The van der Waals surface area contributed by atoms with Gasteiger partial charge in [0.15, 0.2) is 12.4 Å². The van der Waals surface area contributed by atoms with Crippen LogP contribution in [0.2, 0.25) is 0 Å². The molecule has 1 aliphatic rings. The van der Waals surface area contributed by atoms with Crippen molar-refractivity contribution in [3.8, 4) is 0 Å². The molecule has 1 saturated heterocycles. The van der Waals surface area contributed by atoms with Crippen molar-refractivity contribution in [2.75, 3.05) is 24.7 Å². The smallest absolute Gasteiger partial charge is 0.303 e. The maximum atomic E-state index is 11.3. The minimum absolute atomic E-state index is 0.128. The van der Waals surface area contributed by atoms with E-state index in [2.05, 4.69) is 20.8 Å². The van der Waals surface area contributed by atoms with Crippen LogP contribution in [0.4, 0.5) is 0 Å². The van der Waals surface area contributed by atoms with Crippen molar-refractivity contribution < 1.29 is 24.1 Å². The van der Waals surface area contributed by atoms with Crippen molar-refractivity contribution in [2.45, 2.75) is 52.6 Å². The van der Waals surface area contributed by atoms with Crippen LogP contribution in [0.1, 0.15) is 34.1 Å². The van der Waals surface area contributed by atoms with Gasteiger partial charge in [-0.2, -0.15) is 0 Å². The Morgan fingerprint density at radius 3 is 2.50 bits per heavy atom. The summed E-state index contributed by atoms with van der Waals surface area (Å²) in [6.07, 6.45) is 0.191. The molecule has 1 heterocycles. The first-order valence-electron chi connectivity index (χ1n) is 7.80. The fraction of sp³-hybridized carbons (Fsp3) is 0.933. The summed E-state index contributed by atoms with van der Waals surface area (Å²) in [5.74, 6) is 1.74. The summed E-state index contributed by atoms with van der Waals surface area (Å²) in [7, 11) is 3.28. The zero-order valence-corrected chi connectivity index (χ0v) is 15.5. The average molecular weight is 353 g/mol. The zero-order chi connectivity index (χ0) is 16.5. The van der Waals surface area contributed by atoms with Crippen LogP contribution >= 0.6 is 21.6 Å².